The van der Waals surface area contributed by atoms with Crippen molar-refractivity contribution in [3.63, 3.8) is 0 Å². The fourth-order valence-corrected chi connectivity index (χ4v) is 5.21. The van der Waals surface area contributed by atoms with Crippen LogP contribution in [0.5, 0.6) is 0 Å². The third kappa shape index (κ3) is 3.42. The van der Waals surface area contributed by atoms with Crippen molar-refractivity contribution in [1.29, 1.82) is 0 Å². The van der Waals surface area contributed by atoms with Gasteiger partial charge in [0.05, 0.1) is 5.52 Å². The van der Waals surface area contributed by atoms with Crippen molar-refractivity contribution in [3.05, 3.63) is 94.8 Å². The third-order valence-electron chi connectivity index (χ3n) is 7.13. The molecule has 3 heterocycles. The van der Waals surface area contributed by atoms with Gasteiger partial charge in [0, 0.05) is 36.9 Å². The highest BCUT2D eigenvalue weighted by Gasteiger charge is 2.27. The Morgan fingerprint density at radius 3 is 2.52 bits per heavy atom. The fraction of sp³-hybridized carbons (Fsp3) is 0.321. The molecule has 3 heteroatoms. The highest BCUT2D eigenvalue weighted by Crippen LogP contribution is 2.39. The van der Waals surface area contributed by atoms with Crippen molar-refractivity contribution in [1.82, 2.24) is 9.55 Å². The van der Waals surface area contributed by atoms with Crippen LogP contribution in [0.2, 0.25) is 0 Å². The summed E-state index contributed by atoms with van der Waals surface area (Å²) in [6.45, 7) is 5.43. The molecule has 0 atom stereocenters. The Hall–Kier alpha value is -3.07. The fourth-order valence-electron chi connectivity index (χ4n) is 5.21. The first kappa shape index (κ1) is 18.7. The highest BCUT2D eigenvalue weighted by atomic mass is 15.2. The molecular formula is C28H29N3. The molecule has 1 aliphatic carbocycles. The van der Waals surface area contributed by atoms with Gasteiger partial charge >= 0.3 is 0 Å². The largest absolute Gasteiger partial charge is 0.351 e. The number of hydrogen-bond donors (Lipinski definition) is 0. The molecular weight excluding hydrogens is 378 g/mol. The minimum atomic E-state index is 0.845. The maximum atomic E-state index is 4.97. The molecule has 2 aromatic heterocycles. The van der Waals surface area contributed by atoms with E-state index in [4.69, 9.17) is 4.98 Å². The lowest BCUT2D eigenvalue weighted by Crippen LogP contribution is -2.31. The number of hydrogen-bond acceptors (Lipinski definition) is 2. The molecule has 0 amide bonds. The predicted octanol–water partition coefficient (Wildman–Crippen LogP) is 5.91. The molecule has 1 aliphatic heterocycles. The Morgan fingerprint density at radius 2 is 1.71 bits per heavy atom. The molecule has 156 valence electrons. The first-order valence-electron chi connectivity index (χ1n) is 11.6. The van der Waals surface area contributed by atoms with Crippen LogP contribution in [0.1, 0.15) is 40.8 Å². The van der Waals surface area contributed by atoms with E-state index < -0.39 is 0 Å². The summed E-state index contributed by atoms with van der Waals surface area (Å²) in [5, 5.41) is 1.36. The normalized spacial score (nSPS) is 16.0. The number of anilines is 1. The van der Waals surface area contributed by atoms with E-state index in [1.54, 1.807) is 0 Å². The topological polar surface area (TPSA) is 21.1 Å². The van der Waals surface area contributed by atoms with Gasteiger partial charge in [-0.1, -0.05) is 54.6 Å². The van der Waals surface area contributed by atoms with Crippen molar-refractivity contribution < 1.29 is 0 Å². The molecule has 0 bridgehead atoms. The minimum Gasteiger partial charge on any atom is -0.351 e. The van der Waals surface area contributed by atoms with Crippen LogP contribution in [-0.2, 0) is 25.9 Å². The number of fused-ring (bicyclic) bond motifs is 2. The predicted molar refractivity (Wildman–Crippen MR) is 128 cm³/mol. The average molecular weight is 408 g/mol. The monoisotopic (exact) mass is 407 g/mol. The molecule has 0 saturated heterocycles. The van der Waals surface area contributed by atoms with Crippen molar-refractivity contribution in [2.45, 2.75) is 45.7 Å². The van der Waals surface area contributed by atoms with Gasteiger partial charge in [-0.3, -0.25) is 0 Å². The van der Waals surface area contributed by atoms with Gasteiger partial charge in [0.15, 0.2) is 0 Å². The van der Waals surface area contributed by atoms with Crippen LogP contribution >= 0.6 is 0 Å². The lowest BCUT2D eigenvalue weighted by molar-refractivity contribution is 0.631. The summed E-state index contributed by atoms with van der Waals surface area (Å²) in [5.74, 6) is 2.01. The number of rotatable bonds is 5. The standard InChI is InChI=1S/C28H29N3/c1-20-25(17-21-7-3-2-4-8-21)27-26(31(20)18-22-11-12-22)13-15-29-28(27)30-16-14-23-9-5-6-10-24(23)19-30/h2-10,13,15,22H,11-12,14,16-19H2,1H3. The van der Waals surface area contributed by atoms with Gasteiger partial charge in [-0.25, -0.2) is 4.98 Å². The van der Waals surface area contributed by atoms with Crippen molar-refractivity contribution in [2.75, 3.05) is 11.4 Å². The number of nitrogens with zero attached hydrogens (tertiary/aromatic N) is 3. The lowest BCUT2D eigenvalue weighted by atomic mass is 9.98. The first-order chi connectivity index (χ1) is 15.3. The molecule has 2 aliphatic rings. The number of pyridine rings is 1. The second-order valence-corrected chi connectivity index (χ2v) is 9.25. The van der Waals surface area contributed by atoms with Crippen molar-refractivity contribution >= 4 is 16.7 Å². The Morgan fingerprint density at radius 1 is 0.935 bits per heavy atom. The third-order valence-corrected chi connectivity index (χ3v) is 7.13. The number of aromatic nitrogens is 2. The zero-order valence-electron chi connectivity index (χ0n) is 18.2. The Labute approximate surface area is 184 Å². The summed E-state index contributed by atoms with van der Waals surface area (Å²) < 4.78 is 2.58. The Balaban J connectivity index is 1.49. The zero-order chi connectivity index (χ0) is 20.8. The van der Waals surface area contributed by atoms with Gasteiger partial charge in [0.2, 0.25) is 0 Å². The van der Waals surface area contributed by atoms with Crippen LogP contribution in [0.25, 0.3) is 10.9 Å². The highest BCUT2D eigenvalue weighted by molar-refractivity contribution is 5.95. The molecule has 0 spiro atoms. The van der Waals surface area contributed by atoms with Crippen LogP contribution in [0.3, 0.4) is 0 Å². The Kier molecular flexibility index (Phi) is 4.56. The maximum Gasteiger partial charge on any atom is 0.138 e. The minimum absolute atomic E-state index is 0.845. The summed E-state index contributed by atoms with van der Waals surface area (Å²) in [6.07, 6.45) is 6.81. The van der Waals surface area contributed by atoms with E-state index in [-0.39, 0.29) is 0 Å². The van der Waals surface area contributed by atoms with Crippen LogP contribution in [0, 0.1) is 12.8 Å². The van der Waals surface area contributed by atoms with E-state index in [0.29, 0.717) is 0 Å². The van der Waals surface area contributed by atoms with E-state index in [1.807, 2.05) is 6.20 Å². The van der Waals surface area contributed by atoms with E-state index in [0.717, 1.165) is 44.2 Å². The molecule has 3 nitrogen and oxygen atoms in total. The second kappa shape index (κ2) is 7.56. The van der Waals surface area contributed by atoms with Gasteiger partial charge in [0.1, 0.15) is 5.82 Å². The average Bonchev–Trinajstić information content (AvgIpc) is 3.61. The van der Waals surface area contributed by atoms with E-state index in [9.17, 15) is 0 Å². The van der Waals surface area contributed by atoms with Gasteiger partial charge in [-0.05, 0) is 66.8 Å². The van der Waals surface area contributed by atoms with E-state index in [1.165, 1.54) is 51.7 Å². The lowest BCUT2D eigenvalue weighted by Gasteiger charge is -2.30. The molecule has 0 radical (unpaired) electrons. The summed E-state index contributed by atoms with van der Waals surface area (Å²) in [7, 11) is 0. The molecule has 2 aromatic carbocycles. The quantitative estimate of drug-likeness (QED) is 0.410. The number of benzene rings is 2. The van der Waals surface area contributed by atoms with Crippen LogP contribution < -0.4 is 4.90 Å². The molecule has 0 unspecified atom stereocenters. The van der Waals surface area contributed by atoms with Crippen LogP contribution in [-0.4, -0.2) is 16.1 Å². The molecule has 6 rings (SSSR count). The first-order valence-corrected chi connectivity index (χ1v) is 11.6. The van der Waals surface area contributed by atoms with Gasteiger partial charge in [0.25, 0.3) is 0 Å². The van der Waals surface area contributed by atoms with Crippen molar-refractivity contribution in [2.24, 2.45) is 5.92 Å². The van der Waals surface area contributed by atoms with Gasteiger partial charge < -0.3 is 9.47 Å². The second-order valence-electron chi connectivity index (χ2n) is 9.25. The maximum absolute atomic E-state index is 4.97. The van der Waals surface area contributed by atoms with Crippen LogP contribution in [0.4, 0.5) is 5.82 Å². The molecule has 0 N–H and O–H groups in total. The van der Waals surface area contributed by atoms with Crippen LogP contribution in [0.15, 0.2) is 66.9 Å². The van der Waals surface area contributed by atoms with Gasteiger partial charge in [-0.15, -0.1) is 0 Å². The zero-order valence-corrected chi connectivity index (χ0v) is 18.2. The van der Waals surface area contributed by atoms with E-state index in [2.05, 4.69) is 77.1 Å². The summed E-state index contributed by atoms with van der Waals surface area (Å²) in [4.78, 5) is 7.47. The summed E-state index contributed by atoms with van der Waals surface area (Å²) >= 11 is 0. The van der Waals surface area contributed by atoms with Gasteiger partial charge in [-0.2, -0.15) is 0 Å². The summed E-state index contributed by atoms with van der Waals surface area (Å²) in [5.41, 5.74) is 8.51. The smallest absolute Gasteiger partial charge is 0.138 e. The van der Waals surface area contributed by atoms with E-state index >= 15 is 0 Å². The Bertz CT molecular complexity index is 1230. The molecule has 4 aromatic rings. The molecule has 1 fully saturated rings. The molecule has 31 heavy (non-hydrogen) atoms. The van der Waals surface area contributed by atoms with Crippen molar-refractivity contribution in [3.8, 4) is 0 Å². The SMILES string of the molecule is Cc1c(Cc2ccccc2)c2c(N3CCc4ccccc4C3)nccc2n1CC1CC1. The summed E-state index contributed by atoms with van der Waals surface area (Å²) in [6, 6.07) is 22.0. The molecule has 1 saturated carbocycles.